The summed E-state index contributed by atoms with van der Waals surface area (Å²) in [6, 6.07) is 0.496. The van der Waals surface area contributed by atoms with Crippen LogP contribution in [0.15, 0.2) is 0 Å². The summed E-state index contributed by atoms with van der Waals surface area (Å²) in [5, 5.41) is 0. The van der Waals surface area contributed by atoms with Gasteiger partial charge in [0.2, 0.25) is 0 Å². The van der Waals surface area contributed by atoms with Gasteiger partial charge in [0.1, 0.15) is 0 Å². The highest BCUT2D eigenvalue weighted by Gasteiger charge is 2.24. The summed E-state index contributed by atoms with van der Waals surface area (Å²) in [7, 11) is 0. The van der Waals surface area contributed by atoms with Crippen molar-refractivity contribution in [3.63, 3.8) is 0 Å². The number of nitrogens with two attached hydrogens (primary N) is 1. The molecule has 1 unspecified atom stereocenters. The van der Waals surface area contributed by atoms with Crippen LogP contribution in [0.3, 0.4) is 0 Å². The Labute approximate surface area is 80.8 Å². The van der Waals surface area contributed by atoms with E-state index in [-0.39, 0.29) is 0 Å². The zero-order valence-corrected chi connectivity index (χ0v) is 8.37. The van der Waals surface area contributed by atoms with Crippen molar-refractivity contribution < 1.29 is 4.74 Å². The molecule has 1 atom stereocenters. The maximum absolute atomic E-state index is 5.88. The van der Waals surface area contributed by atoms with Crippen molar-refractivity contribution in [2.24, 2.45) is 17.6 Å². The van der Waals surface area contributed by atoms with E-state index in [1.54, 1.807) is 0 Å². The lowest BCUT2D eigenvalue weighted by molar-refractivity contribution is 0.175. The first-order valence-electron chi connectivity index (χ1n) is 5.68. The van der Waals surface area contributed by atoms with Gasteiger partial charge in [-0.15, -0.1) is 0 Å². The van der Waals surface area contributed by atoms with Crippen molar-refractivity contribution >= 4 is 0 Å². The van der Waals surface area contributed by atoms with Gasteiger partial charge in [-0.25, -0.2) is 0 Å². The molecule has 0 aromatic heterocycles. The molecule has 2 nitrogen and oxygen atoms in total. The fourth-order valence-electron chi connectivity index (χ4n) is 2.66. The van der Waals surface area contributed by atoms with Crippen LogP contribution in [0, 0.1) is 11.8 Å². The van der Waals surface area contributed by atoms with Gasteiger partial charge in [0, 0.05) is 19.3 Å². The second-order valence-electron chi connectivity index (χ2n) is 4.75. The minimum Gasteiger partial charge on any atom is -0.381 e. The quantitative estimate of drug-likeness (QED) is 0.710. The molecule has 1 aliphatic heterocycles. The summed E-state index contributed by atoms with van der Waals surface area (Å²) in [6.45, 7) is 2.01. The lowest BCUT2D eigenvalue weighted by atomic mass is 9.81. The third kappa shape index (κ3) is 2.68. The van der Waals surface area contributed by atoms with Gasteiger partial charge in [-0.3, -0.25) is 0 Å². The summed E-state index contributed by atoms with van der Waals surface area (Å²) in [5.41, 5.74) is 5.88. The lowest BCUT2D eigenvalue weighted by Crippen LogP contribution is -2.27. The average Bonchev–Trinajstić information content (AvgIpc) is 2.62. The third-order valence-corrected chi connectivity index (χ3v) is 3.58. The maximum Gasteiger partial charge on any atom is 0.0495 e. The van der Waals surface area contributed by atoms with E-state index in [1.807, 2.05) is 0 Å². The Balaban J connectivity index is 1.69. The van der Waals surface area contributed by atoms with Crippen molar-refractivity contribution in [1.82, 2.24) is 0 Å². The van der Waals surface area contributed by atoms with Gasteiger partial charge in [-0.2, -0.15) is 0 Å². The zero-order valence-electron chi connectivity index (χ0n) is 8.37. The lowest BCUT2D eigenvalue weighted by Gasteiger charge is -2.27. The van der Waals surface area contributed by atoms with E-state index < -0.39 is 0 Å². The molecule has 0 radical (unpaired) electrons. The molecule has 2 fully saturated rings. The number of hydrogen-bond donors (Lipinski definition) is 1. The van der Waals surface area contributed by atoms with Crippen LogP contribution in [-0.2, 0) is 4.74 Å². The Morgan fingerprint density at radius 1 is 1.00 bits per heavy atom. The molecule has 2 heteroatoms. The van der Waals surface area contributed by atoms with Crippen LogP contribution in [0.2, 0.25) is 0 Å². The van der Waals surface area contributed by atoms with Crippen molar-refractivity contribution in [3.8, 4) is 0 Å². The Bertz CT molecular complexity index is 146. The van der Waals surface area contributed by atoms with Crippen LogP contribution in [0.5, 0.6) is 0 Å². The zero-order chi connectivity index (χ0) is 9.10. The highest BCUT2D eigenvalue weighted by Crippen LogP contribution is 2.31. The highest BCUT2D eigenvalue weighted by molar-refractivity contribution is 4.77. The van der Waals surface area contributed by atoms with Crippen LogP contribution in [0.4, 0.5) is 0 Å². The standard InChI is InChI=1S/C11H21NO/c12-11-3-1-9(2-4-11)7-10-5-6-13-8-10/h9-11H,1-8,12H2. The number of hydrogen-bond acceptors (Lipinski definition) is 2. The fourth-order valence-corrected chi connectivity index (χ4v) is 2.66. The molecule has 76 valence electrons. The van der Waals surface area contributed by atoms with Crippen molar-refractivity contribution in [2.75, 3.05) is 13.2 Å². The van der Waals surface area contributed by atoms with Crippen LogP contribution < -0.4 is 5.73 Å². The van der Waals surface area contributed by atoms with E-state index >= 15 is 0 Å². The molecular formula is C11H21NO. The summed E-state index contributed by atoms with van der Waals surface area (Å²) in [4.78, 5) is 0. The Morgan fingerprint density at radius 3 is 2.38 bits per heavy atom. The molecular weight excluding hydrogens is 162 g/mol. The number of rotatable bonds is 2. The SMILES string of the molecule is NC1CCC(CC2CCOC2)CC1. The predicted octanol–water partition coefficient (Wildman–Crippen LogP) is 1.93. The molecule has 1 heterocycles. The second-order valence-corrected chi connectivity index (χ2v) is 4.75. The first-order chi connectivity index (χ1) is 6.34. The van der Waals surface area contributed by atoms with E-state index in [2.05, 4.69) is 0 Å². The van der Waals surface area contributed by atoms with E-state index in [0.29, 0.717) is 6.04 Å². The van der Waals surface area contributed by atoms with Gasteiger partial charge >= 0.3 is 0 Å². The van der Waals surface area contributed by atoms with Crippen LogP contribution >= 0.6 is 0 Å². The van der Waals surface area contributed by atoms with Gasteiger partial charge in [0.05, 0.1) is 0 Å². The molecule has 0 bridgehead atoms. The van der Waals surface area contributed by atoms with Crippen LogP contribution in [-0.4, -0.2) is 19.3 Å². The van der Waals surface area contributed by atoms with Gasteiger partial charge in [-0.05, 0) is 50.4 Å². The molecule has 0 aromatic carbocycles. The van der Waals surface area contributed by atoms with Crippen molar-refractivity contribution in [1.29, 1.82) is 0 Å². The maximum atomic E-state index is 5.88. The van der Waals surface area contributed by atoms with Gasteiger partial charge < -0.3 is 10.5 Å². The van der Waals surface area contributed by atoms with Crippen LogP contribution in [0.1, 0.15) is 38.5 Å². The minimum absolute atomic E-state index is 0.496. The molecule has 1 saturated carbocycles. The highest BCUT2D eigenvalue weighted by atomic mass is 16.5. The summed E-state index contributed by atoms with van der Waals surface area (Å²) in [5.74, 6) is 1.81. The van der Waals surface area contributed by atoms with Crippen molar-refractivity contribution in [2.45, 2.75) is 44.6 Å². The largest absolute Gasteiger partial charge is 0.381 e. The molecule has 2 aliphatic rings. The van der Waals surface area contributed by atoms with E-state index in [9.17, 15) is 0 Å². The second kappa shape index (κ2) is 4.43. The summed E-state index contributed by atoms with van der Waals surface area (Å²) < 4.78 is 5.40. The monoisotopic (exact) mass is 183 g/mol. The first kappa shape index (κ1) is 9.47. The molecule has 2 N–H and O–H groups in total. The van der Waals surface area contributed by atoms with Crippen molar-refractivity contribution in [3.05, 3.63) is 0 Å². The Kier molecular flexibility index (Phi) is 3.23. The third-order valence-electron chi connectivity index (χ3n) is 3.58. The van der Waals surface area contributed by atoms with Gasteiger partial charge in [-0.1, -0.05) is 0 Å². The molecule has 0 aromatic rings. The van der Waals surface area contributed by atoms with Crippen LogP contribution in [0.25, 0.3) is 0 Å². The van der Waals surface area contributed by atoms with E-state index in [0.717, 1.165) is 25.0 Å². The molecule has 0 spiro atoms. The molecule has 13 heavy (non-hydrogen) atoms. The summed E-state index contributed by atoms with van der Waals surface area (Å²) >= 11 is 0. The molecule has 2 rings (SSSR count). The molecule has 0 amide bonds. The normalized spacial score (nSPS) is 40.8. The Morgan fingerprint density at radius 2 is 1.77 bits per heavy atom. The van der Waals surface area contributed by atoms with Gasteiger partial charge in [0.15, 0.2) is 0 Å². The smallest absolute Gasteiger partial charge is 0.0495 e. The minimum atomic E-state index is 0.496. The van der Waals surface area contributed by atoms with E-state index in [1.165, 1.54) is 38.5 Å². The first-order valence-corrected chi connectivity index (χ1v) is 5.68. The summed E-state index contributed by atoms with van der Waals surface area (Å²) in [6.07, 6.45) is 7.90. The predicted molar refractivity (Wildman–Crippen MR) is 53.5 cm³/mol. The van der Waals surface area contributed by atoms with E-state index in [4.69, 9.17) is 10.5 Å². The number of ether oxygens (including phenoxy) is 1. The fraction of sp³-hybridized carbons (Fsp3) is 1.00. The Hall–Kier alpha value is -0.0800. The average molecular weight is 183 g/mol. The van der Waals surface area contributed by atoms with Gasteiger partial charge in [0.25, 0.3) is 0 Å². The molecule has 1 aliphatic carbocycles. The topological polar surface area (TPSA) is 35.2 Å². The molecule has 1 saturated heterocycles.